The van der Waals surface area contributed by atoms with Crippen molar-refractivity contribution < 1.29 is 23.8 Å². The van der Waals surface area contributed by atoms with Gasteiger partial charge < -0.3 is 20.0 Å². The molecule has 0 unspecified atom stereocenters. The number of rotatable bonds is 9. The second-order valence-corrected chi connectivity index (χ2v) is 17.7. The lowest BCUT2D eigenvalue weighted by Gasteiger charge is -2.41. The predicted molar refractivity (Wildman–Crippen MR) is 172 cm³/mol. The van der Waals surface area contributed by atoms with Crippen molar-refractivity contribution in [3.8, 4) is 33.8 Å². The van der Waals surface area contributed by atoms with Gasteiger partial charge in [0.25, 0.3) is 0 Å². The van der Waals surface area contributed by atoms with Gasteiger partial charge in [-0.15, -0.1) is 0 Å². The number of hydrogen-bond acceptors (Lipinski definition) is 4. The second-order valence-electron chi connectivity index (χ2n) is 13.0. The molecule has 4 aromatic carbocycles. The van der Waals surface area contributed by atoms with E-state index in [1.807, 2.05) is 42.5 Å². The van der Waals surface area contributed by atoms with Crippen molar-refractivity contribution >= 4 is 14.2 Å². The molecule has 0 radical (unpaired) electrons. The zero-order valence-electron chi connectivity index (χ0n) is 25.4. The first-order chi connectivity index (χ1) is 20.3. The summed E-state index contributed by atoms with van der Waals surface area (Å²) in [6.07, 6.45) is 0.975. The highest BCUT2D eigenvalue weighted by atomic mass is 28.4. The molecule has 1 heterocycles. The van der Waals surface area contributed by atoms with Gasteiger partial charge in [-0.3, -0.25) is 4.79 Å². The Hall–Kier alpha value is -3.94. The Morgan fingerprint density at radius 1 is 0.884 bits per heavy atom. The zero-order valence-corrected chi connectivity index (χ0v) is 26.4. The first-order valence-electron chi connectivity index (χ1n) is 14.8. The number of nitrogens with one attached hydrogen (secondary N) is 1. The van der Waals surface area contributed by atoms with Crippen molar-refractivity contribution in [3.63, 3.8) is 0 Å². The fraction of sp³-hybridized carbons (Fsp3) is 0.306. The summed E-state index contributed by atoms with van der Waals surface area (Å²) in [5, 5.41) is 24.1. The Kier molecular flexibility index (Phi) is 8.50. The van der Waals surface area contributed by atoms with Crippen LogP contribution in [0.15, 0.2) is 91.0 Å². The van der Waals surface area contributed by atoms with E-state index in [9.17, 15) is 19.4 Å². The quantitative estimate of drug-likeness (QED) is 0.133. The minimum Gasteiger partial charge on any atom is -0.508 e. The smallest absolute Gasteiger partial charge is 0.226 e. The van der Waals surface area contributed by atoms with Gasteiger partial charge in [0.05, 0.1) is 18.1 Å². The molecule has 1 aliphatic heterocycles. The number of phenols is 2. The molecule has 0 saturated carbocycles. The van der Waals surface area contributed by atoms with Crippen molar-refractivity contribution in [2.75, 3.05) is 0 Å². The van der Waals surface area contributed by atoms with Crippen LogP contribution in [-0.2, 0) is 9.22 Å². The molecule has 5 nitrogen and oxygen atoms in total. The number of β-lactam (4-membered cyclic amide) rings is 1. The molecule has 0 bridgehead atoms. The molecule has 3 atom stereocenters. The molecule has 224 valence electrons. The minimum absolute atomic E-state index is 0.000945. The number of carbonyl (C=O) groups is 1. The third-order valence-electron chi connectivity index (χ3n) is 9.02. The van der Waals surface area contributed by atoms with Crippen molar-refractivity contribution in [2.45, 2.75) is 63.9 Å². The normalized spacial score (nSPS) is 17.7. The number of amides is 1. The van der Waals surface area contributed by atoms with E-state index in [0.29, 0.717) is 18.4 Å². The van der Waals surface area contributed by atoms with E-state index in [-0.39, 0.29) is 46.3 Å². The molecule has 1 fully saturated rings. The maximum atomic E-state index is 13.8. The molecule has 3 N–H and O–H groups in total. The number of phenolic OH excluding ortho intramolecular Hbond substituents is 2. The molecule has 7 heteroatoms. The van der Waals surface area contributed by atoms with Gasteiger partial charge in [-0.05, 0) is 89.1 Å². The molecule has 4 aromatic rings. The van der Waals surface area contributed by atoms with E-state index < -0.39 is 8.32 Å². The van der Waals surface area contributed by atoms with Crippen LogP contribution >= 0.6 is 0 Å². The first kappa shape index (κ1) is 30.5. The van der Waals surface area contributed by atoms with Gasteiger partial charge in [-0.2, -0.15) is 0 Å². The van der Waals surface area contributed by atoms with Gasteiger partial charge in [0.1, 0.15) is 17.3 Å². The highest BCUT2D eigenvalue weighted by molar-refractivity contribution is 6.74. The summed E-state index contributed by atoms with van der Waals surface area (Å²) < 4.78 is 20.6. The first-order valence-corrected chi connectivity index (χ1v) is 17.7. The van der Waals surface area contributed by atoms with E-state index >= 15 is 0 Å². The van der Waals surface area contributed by atoms with Crippen molar-refractivity contribution in [1.82, 2.24) is 5.32 Å². The molecule has 1 aliphatic rings. The Morgan fingerprint density at radius 2 is 1.58 bits per heavy atom. The SMILES string of the molecule is CC(C)(C)[Si](C)(C)O[C@@H](CC[C@H]1C(=O)N[C@@H]1c1ccccc1-c1ccc(-c2cccc(O)c2)cc1O)c1ccc(F)cc1. The van der Waals surface area contributed by atoms with Gasteiger partial charge >= 0.3 is 0 Å². The molecule has 1 saturated heterocycles. The van der Waals surface area contributed by atoms with E-state index in [1.165, 1.54) is 12.1 Å². The Labute approximate surface area is 254 Å². The summed E-state index contributed by atoms with van der Waals surface area (Å²) >= 11 is 0. The number of hydrogen-bond donors (Lipinski definition) is 3. The third kappa shape index (κ3) is 6.53. The maximum absolute atomic E-state index is 13.8. The zero-order chi connectivity index (χ0) is 30.9. The standard InChI is InChI=1S/C36H40FNO4Si/c1-36(2,3)43(4,5)42-33(23-13-16-26(37)17-14-23)20-19-31-34(38-35(31)41)30-12-7-6-11-28(30)29-18-15-25(22-32(29)40)24-9-8-10-27(39)21-24/h6-18,21-22,31,33-34,39-40H,19-20H2,1-5H3,(H,38,41)/t31-,33+,34-/m1/s1. The summed E-state index contributed by atoms with van der Waals surface area (Å²) in [5.74, 6) is -0.276. The van der Waals surface area contributed by atoms with Crippen molar-refractivity contribution in [2.24, 2.45) is 5.92 Å². The lowest BCUT2D eigenvalue weighted by atomic mass is 9.78. The fourth-order valence-corrected chi connectivity index (χ4v) is 6.80. The van der Waals surface area contributed by atoms with Crippen molar-refractivity contribution in [3.05, 3.63) is 108 Å². The van der Waals surface area contributed by atoms with E-state index in [1.54, 1.807) is 36.4 Å². The third-order valence-corrected chi connectivity index (χ3v) is 13.5. The molecule has 0 aromatic heterocycles. The average Bonchev–Trinajstić information content (AvgIpc) is 2.95. The minimum atomic E-state index is -2.15. The van der Waals surface area contributed by atoms with Crippen LogP contribution < -0.4 is 5.32 Å². The molecule has 1 amide bonds. The largest absolute Gasteiger partial charge is 0.508 e. The Bertz CT molecular complexity index is 1610. The number of carbonyl (C=O) groups excluding carboxylic acids is 1. The highest BCUT2D eigenvalue weighted by Crippen LogP contribution is 2.45. The van der Waals surface area contributed by atoms with Crippen LogP contribution in [0.3, 0.4) is 0 Å². The molecule has 43 heavy (non-hydrogen) atoms. The topological polar surface area (TPSA) is 78.8 Å². The molecule has 0 spiro atoms. The molecular formula is C36H40FNO4Si. The number of halogens is 1. The predicted octanol–water partition coefficient (Wildman–Crippen LogP) is 8.90. The molecule has 5 rings (SSSR count). The summed E-state index contributed by atoms with van der Waals surface area (Å²) in [6, 6.07) is 26.5. The summed E-state index contributed by atoms with van der Waals surface area (Å²) in [7, 11) is -2.15. The van der Waals surface area contributed by atoms with Gasteiger partial charge in [0.15, 0.2) is 8.32 Å². The van der Waals surface area contributed by atoms with Crippen LogP contribution in [0.5, 0.6) is 11.5 Å². The lowest BCUT2D eigenvalue weighted by molar-refractivity contribution is -0.135. The van der Waals surface area contributed by atoms with Gasteiger partial charge in [-0.25, -0.2) is 4.39 Å². The van der Waals surface area contributed by atoms with Crippen LogP contribution in [-0.4, -0.2) is 24.4 Å². The Balaban J connectivity index is 1.39. The van der Waals surface area contributed by atoms with Crippen LogP contribution in [0.25, 0.3) is 22.3 Å². The number of benzene rings is 4. The Morgan fingerprint density at radius 3 is 2.23 bits per heavy atom. The van der Waals surface area contributed by atoms with E-state index in [0.717, 1.165) is 27.8 Å². The van der Waals surface area contributed by atoms with Crippen LogP contribution in [0.1, 0.15) is 56.9 Å². The van der Waals surface area contributed by atoms with E-state index in [4.69, 9.17) is 4.43 Å². The summed E-state index contributed by atoms with van der Waals surface area (Å²) in [4.78, 5) is 12.9. The molecule has 0 aliphatic carbocycles. The second kappa shape index (κ2) is 12.0. The van der Waals surface area contributed by atoms with Crippen LogP contribution in [0, 0.1) is 11.7 Å². The van der Waals surface area contributed by atoms with E-state index in [2.05, 4.69) is 39.2 Å². The van der Waals surface area contributed by atoms with Gasteiger partial charge in [-0.1, -0.05) is 81.4 Å². The van der Waals surface area contributed by atoms with Gasteiger partial charge in [0.2, 0.25) is 5.91 Å². The molecular weight excluding hydrogens is 557 g/mol. The van der Waals surface area contributed by atoms with Crippen molar-refractivity contribution in [1.29, 1.82) is 0 Å². The monoisotopic (exact) mass is 597 g/mol. The van der Waals surface area contributed by atoms with Crippen LogP contribution in [0.2, 0.25) is 18.1 Å². The summed E-state index contributed by atoms with van der Waals surface area (Å²) in [5.41, 5.74) is 4.97. The highest BCUT2D eigenvalue weighted by Gasteiger charge is 2.43. The van der Waals surface area contributed by atoms with Crippen LogP contribution in [0.4, 0.5) is 4.39 Å². The average molecular weight is 598 g/mol. The number of aromatic hydroxyl groups is 2. The lowest BCUT2D eigenvalue weighted by Crippen LogP contribution is -2.51. The van der Waals surface area contributed by atoms with Gasteiger partial charge in [0, 0.05) is 5.56 Å². The fourth-order valence-electron chi connectivity index (χ4n) is 5.48. The summed E-state index contributed by atoms with van der Waals surface area (Å²) in [6.45, 7) is 11.0. The maximum Gasteiger partial charge on any atom is 0.226 e.